The first-order chi connectivity index (χ1) is 14.1. The molecule has 0 aliphatic rings. The number of carbonyl (C=O) groups excluding carboxylic acids is 1. The van der Waals surface area contributed by atoms with Crippen LogP contribution in [-0.4, -0.2) is 39.6 Å². The summed E-state index contributed by atoms with van der Waals surface area (Å²) >= 11 is 5.93. The maximum atomic E-state index is 14.1. The van der Waals surface area contributed by atoms with Crippen LogP contribution >= 0.6 is 11.6 Å². The molecule has 0 heterocycles. The van der Waals surface area contributed by atoms with Gasteiger partial charge in [0.1, 0.15) is 5.82 Å². The molecule has 8 heteroatoms. The maximum Gasteiger partial charge on any atom is 0.372 e. The normalized spacial score (nSPS) is 14.0. The average molecular weight is 437 g/mol. The second-order valence-corrected chi connectivity index (χ2v) is 7.99. The van der Waals surface area contributed by atoms with Crippen LogP contribution in [0.25, 0.3) is 11.1 Å². The molecule has 30 heavy (non-hydrogen) atoms. The second-order valence-electron chi connectivity index (χ2n) is 7.55. The lowest BCUT2D eigenvalue weighted by molar-refractivity contribution is -0.152. The van der Waals surface area contributed by atoms with Gasteiger partial charge in [-0.2, -0.15) is 0 Å². The van der Waals surface area contributed by atoms with Gasteiger partial charge in [0.15, 0.2) is 0 Å². The van der Waals surface area contributed by atoms with Gasteiger partial charge in [-0.1, -0.05) is 35.9 Å². The number of hydrogen-bond donors (Lipinski definition) is 3. The van der Waals surface area contributed by atoms with Crippen LogP contribution in [0, 0.1) is 17.2 Å². The molecule has 2 aromatic carbocycles. The maximum absolute atomic E-state index is 14.1. The van der Waals surface area contributed by atoms with E-state index in [1.165, 1.54) is 25.1 Å². The van der Waals surface area contributed by atoms with Crippen molar-refractivity contribution in [2.45, 2.75) is 26.2 Å². The lowest BCUT2D eigenvalue weighted by atomic mass is 9.77. The van der Waals surface area contributed by atoms with E-state index in [9.17, 15) is 29.0 Å². The van der Waals surface area contributed by atoms with Gasteiger partial charge >= 0.3 is 11.9 Å². The van der Waals surface area contributed by atoms with E-state index in [0.29, 0.717) is 16.1 Å². The van der Waals surface area contributed by atoms with Crippen molar-refractivity contribution in [2.24, 2.45) is 11.3 Å². The Kier molecular flexibility index (Phi) is 7.70. The van der Waals surface area contributed by atoms with E-state index in [1.807, 2.05) is 0 Å². The number of aliphatic hydroxyl groups excluding tert-OH is 1. The number of aliphatic carboxylic acids is 2. The molecule has 2 rings (SSSR count). The topological polar surface area (TPSA) is 112 Å². The number of carboxylic acids is 2. The van der Waals surface area contributed by atoms with Crippen molar-refractivity contribution in [3.05, 3.63) is 58.9 Å². The van der Waals surface area contributed by atoms with Gasteiger partial charge in [-0.05, 0) is 55.0 Å². The Bertz CT molecular complexity index is 943. The molecule has 3 N–H and O–H groups in total. The summed E-state index contributed by atoms with van der Waals surface area (Å²) < 4.78 is 14.1. The number of aliphatic hydroxyl groups is 1. The van der Waals surface area contributed by atoms with Gasteiger partial charge in [0, 0.05) is 17.0 Å². The van der Waals surface area contributed by atoms with Crippen molar-refractivity contribution in [1.29, 1.82) is 0 Å². The van der Waals surface area contributed by atoms with Gasteiger partial charge in [-0.15, -0.1) is 0 Å². The number of carboxylic acid groups (broad SMARTS) is 2. The number of benzene rings is 2. The van der Waals surface area contributed by atoms with Crippen molar-refractivity contribution < 1.29 is 34.1 Å². The fraction of sp³-hybridized carbons (Fsp3) is 0.318. The van der Waals surface area contributed by atoms with E-state index >= 15 is 0 Å². The third kappa shape index (κ3) is 5.87. The first-order valence-electron chi connectivity index (χ1n) is 9.20. The molecule has 160 valence electrons. The van der Waals surface area contributed by atoms with Crippen LogP contribution in [0.15, 0.2) is 42.5 Å². The molecule has 0 radical (unpaired) electrons. The molecule has 0 fully saturated rings. The van der Waals surface area contributed by atoms with Gasteiger partial charge in [0.25, 0.3) is 0 Å². The summed E-state index contributed by atoms with van der Waals surface area (Å²) in [6, 6.07) is 10.9. The molecule has 0 saturated heterocycles. The molecule has 0 amide bonds. The Hall–Kier alpha value is -2.77. The van der Waals surface area contributed by atoms with Crippen LogP contribution in [0.5, 0.6) is 0 Å². The highest BCUT2D eigenvalue weighted by Gasteiger charge is 2.36. The highest BCUT2D eigenvalue weighted by molar-refractivity contribution is 6.32. The summed E-state index contributed by atoms with van der Waals surface area (Å²) in [5.41, 5.74) is 0.121. The van der Waals surface area contributed by atoms with Crippen molar-refractivity contribution >= 4 is 29.3 Å². The minimum atomic E-state index is -1.59. The summed E-state index contributed by atoms with van der Waals surface area (Å²) in [5, 5.41) is 28.2. The van der Waals surface area contributed by atoms with Crippen molar-refractivity contribution in [2.75, 3.05) is 6.61 Å². The summed E-state index contributed by atoms with van der Waals surface area (Å²) in [7, 11) is 0. The van der Waals surface area contributed by atoms with Gasteiger partial charge in [0.2, 0.25) is 5.78 Å². The average Bonchev–Trinajstić information content (AvgIpc) is 2.70. The summed E-state index contributed by atoms with van der Waals surface area (Å²) in [6.07, 6.45) is -0.217. The molecule has 6 nitrogen and oxygen atoms in total. The molecular formula is C22H22ClFO6. The van der Waals surface area contributed by atoms with Crippen molar-refractivity contribution in [3.63, 3.8) is 0 Å². The van der Waals surface area contributed by atoms with Crippen molar-refractivity contribution in [1.82, 2.24) is 0 Å². The Morgan fingerprint density at radius 1 is 1.10 bits per heavy atom. The third-order valence-electron chi connectivity index (χ3n) is 5.03. The van der Waals surface area contributed by atoms with E-state index in [4.69, 9.17) is 16.7 Å². The van der Waals surface area contributed by atoms with Gasteiger partial charge in [-0.3, -0.25) is 9.59 Å². The summed E-state index contributed by atoms with van der Waals surface area (Å²) in [6.45, 7) is 0.700. The van der Waals surface area contributed by atoms with Gasteiger partial charge in [-0.25, -0.2) is 9.18 Å². The number of rotatable bonds is 10. The van der Waals surface area contributed by atoms with Crippen LogP contribution in [0.4, 0.5) is 4.39 Å². The first kappa shape index (κ1) is 23.5. The summed E-state index contributed by atoms with van der Waals surface area (Å²) in [5.74, 6) is -4.89. The first-order valence-corrected chi connectivity index (χ1v) is 9.58. The smallest absolute Gasteiger partial charge is 0.372 e. The van der Waals surface area contributed by atoms with Crippen molar-refractivity contribution in [3.8, 4) is 11.1 Å². The van der Waals surface area contributed by atoms with Crippen LogP contribution in [-0.2, 0) is 20.8 Å². The predicted octanol–water partition coefficient (Wildman–Crippen LogP) is 3.82. The van der Waals surface area contributed by atoms with Crippen LogP contribution in [0.2, 0.25) is 5.02 Å². The molecular weight excluding hydrogens is 415 g/mol. The highest BCUT2D eigenvalue weighted by atomic mass is 35.5. The minimum absolute atomic E-state index is 0.0808. The molecule has 2 aromatic rings. The molecule has 0 saturated carbocycles. The second kappa shape index (κ2) is 9.82. The standard InChI is InChI=1S/C22H22ClFO6/c1-22(12-25,21(29)30)11-14(9-19(26)20(27)28)8-13-2-4-15(5-3-13)17-10-16(23)6-7-18(17)24/h2-7,10,14,25H,8-9,11-12H2,1H3,(H,27,28)(H,29,30)/t14-,22-/m0/s1. The quantitative estimate of drug-likeness (QED) is 0.488. The van der Waals surface area contributed by atoms with Crippen LogP contribution < -0.4 is 0 Å². The van der Waals surface area contributed by atoms with E-state index in [-0.39, 0.29) is 19.3 Å². The van der Waals surface area contributed by atoms with Gasteiger partial charge < -0.3 is 15.3 Å². The molecule has 0 aliphatic heterocycles. The third-order valence-corrected chi connectivity index (χ3v) is 5.27. The number of Topliss-reactive ketones (excluding diaryl/α,β-unsaturated/α-hetero) is 1. The fourth-order valence-electron chi connectivity index (χ4n) is 3.30. The largest absolute Gasteiger partial charge is 0.481 e. The summed E-state index contributed by atoms with van der Waals surface area (Å²) in [4.78, 5) is 34.2. The Labute approximate surface area is 177 Å². The molecule has 0 bridgehead atoms. The van der Waals surface area contributed by atoms with Gasteiger partial charge in [0.05, 0.1) is 12.0 Å². The van der Waals surface area contributed by atoms with E-state index in [2.05, 4.69) is 0 Å². The molecule has 2 atom stereocenters. The SMILES string of the molecule is C[C@@](CO)(C[C@H](CC(=O)C(=O)O)Cc1ccc(-c2cc(Cl)ccc2F)cc1)C(=O)O. The fourth-order valence-corrected chi connectivity index (χ4v) is 3.47. The number of halogens is 2. The Morgan fingerprint density at radius 2 is 1.73 bits per heavy atom. The van der Waals surface area contributed by atoms with E-state index in [1.54, 1.807) is 24.3 Å². The Morgan fingerprint density at radius 3 is 2.27 bits per heavy atom. The highest BCUT2D eigenvalue weighted by Crippen LogP contribution is 2.31. The Balaban J connectivity index is 2.26. The van der Waals surface area contributed by atoms with Crippen LogP contribution in [0.1, 0.15) is 25.3 Å². The minimum Gasteiger partial charge on any atom is -0.481 e. The zero-order valence-corrected chi connectivity index (χ0v) is 17.0. The molecule has 0 aliphatic carbocycles. The molecule has 0 spiro atoms. The van der Waals surface area contributed by atoms with E-state index < -0.39 is 41.5 Å². The monoisotopic (exact) mass is 436 g/mol. The number of ketones is 1. The predicted molar refractivity (Wildman–Crippen MR) is 109 cm³/mol. The molecule has 0 aromatic heterocycles. The van der Waals surface area contributed by atoms with Crippen LogP contribution in [0.3, 0.4) is 0 Å². The lowest BCUT2D eigenvalue weighted by Crippen LogP contribution is -2.35. The zero-order chi connectivity index (χ0) is 22.5. The van der Waals surface area contributed by atoms with E-state index in [0.717, 1.165) is 5.56 Å². The zero-order valence-electron chi connectivity index (χ0n) is 16.3. The molecule has 0 unspecified atom stereocenters. The number of hydrogen-bond acceptors (Lipinski definition) is 4. The lowest BCUT2D eigenvalue weighted by Gasteiger charge is -2.27. The number of carbonyl (C=O) groups is 3.